The van der Waals surface area contributed by atoms with E-state index in [-0.39, 0.29) is 18.8 Å². The van der Waals surface area contributed by atoms with Gasteiger partial charge in [-0.2, -0.15) is 0 Å². The summed E-state index contributed by atoms with van der Waals surface area (Å²) in [4.78, 5) is 38.9. The zero-order valence-electron chi connectivity index (χ0n) is 20.7. The van der Waals surface area contributed by atoms with Gasteiger partial charge >= 0.3 is 6.03 Å². The number of carbonyl (C=O) groups is 3. The second-order valence-electron chi connectivity index (χ2n) is 8.47. The van der Waals surface area contributed by atoms with Crippen molar-refractivity contribution >= 4 is 45.5 Å². The number of hydrogen-bond donors (Lipinski definition) is 2. The Morgan fingerprint density at radius 1 is 1.08 bits per heavy atom. The molecule has 1 aliphatic rings. The Morgan fingerprint density at radius 3 is 2.53 bits per heavy atom. The fourth-order valence-corrected chi connectivity index (χ4v) is 4.22. The number of ether oxygens (including phenoxy) is 2. The lowest BCUT2D eigenvalue weighted by Crippen LogP contribution is -2.30. The van der Waals surface area contributed by atoms with E-state index >= 15 is 0 Å². The van der Waals surface area contributed by atoms with E-state index in [0.29, 0.717) is 33.8 Å². The van der Waals surface area contributed by atoms with Gasteiger partial charge in [-0.1, -0.05) is 45.8 Å². The van der Waals surface area contributed by atoms with Gasteiger partial charge in [-0.3, -0.25) is 14.5 Å². The van der Waals surface area contributed by atoms with Crippen LogP contribution in [-0.4, -0.2) is 36.0 Å². The molecule has 4 amide bonds. The summed E-state index contributed by atoms with van der Waals surface area (Å²) in [7, 11) is 0. The number of hydrogen-bond acceptors (Lipinski definition) is 5. The van der Waals surface area contributed by atoms with Gasteiger partial charge in [0.05, 0.1) is 13.2 Å². The molecule has 3 aromatic rings. The topological polar surface area (TPSA) is 97.0 Å². The van der Waals surface area contributed by atoms with E-state index in [1.165, 1.54) is 24.3 Å². The van der Waals surface area contributed by atoms with Crippen molar-refractivity contribution in [3.63, 3.8) is 0 Å². The van der Waals surface area contributed by atoms with Gasteiger partial charge in [0, 0.05) is 10.2 Å². The highest BCUT2D eigenvalue weighted by molar-refractivity contribution is 9.10. The van der Waals surface area contributed by atoms with Crippen LogP contribution in [0.5, 0.6) is 11.5 Å². The minimum atomic E-state index is -0.504. The van der Waals surface area contributed by atoms with Gasteiger partial charge in [-0.05, 0) is 67.4 Å². The molecule has 4 rings (SSSR count). The van der Waals surface area contributed by atoms with Crippen molar-refractivity contribution in [2.75, 3.05) is 18.5 Å². The molecule has 1 fully saturated rings. The second kappa shape index (κ2) is 11.9. The predicted octanol–water partition coefficient (Wildman–Crippen LogP) is 5.41. The van der Waals surface area contributed by atoms with E-state index < -0.39 is 23.7 Å². The fourth-order valence-electron chi connectivity index (χ4n) is 3.78. The minimum Gasteiger partial charge on any atom is -0.490 e. The molecule has 1 saturated heterocycles. The van der Waals surface area contributed by atoms with E-state index in [1.54, 1.807) is 25.1 Å². The molecule has 1 aliphatic heterocycles. The molecule has 38 heavy (non-hydrogen) atoms. The first-order valence-corrected chi connectivity index (χ1v) is 12.6. The normalized spacial score (nSPS) is 14.0. The number of amides is 4. The van der Waals surface area contributed by atoms with Gasteiger partial charge < -0.3 is 20.1 Å². The van der Waals surface area contributed by atoms with Gasteiger partial charge in [-0.25, -0.2) is 9.18 Å². The van der Waals surface area contributed by atoms with E-state index in [0.717, 1.165) is 16.0 Å². The lowest BCUT2D eigenvalue weighted by atomic mass is 10.1. The highest BCUT2D eigenvalue weighted by atomic mass is 79.9. The summed E-state index contributed by atoms with van der Waals surface area (Å²) in [5.41, 5.74) is 3.01. The third-order valence-electron chi connectivity index (χ3n) is 5.53. The number of anilines is 1. The van der Waals surface area contributed by atoms with Crippen LogP contribution >= 0.6 is 15.9 Å². The summed E-state index contributed by atoms with van der Waals surface area (Å²) >= 11 is 3.47. The Morgan fingerprint density at radius 2 is 1.82 bits per heavy atom. The molecule has 0 aromatic heterocycles. The highest BCUT2D eigenvalue weighted by Gasteiger charge is 2.33. The first-order valence-electron chi connectivity index (χ1n) is 11.8. The summed E-state index contributed by atoms with van der Waals surface area (Å²) in [6.45, 7) is 3.92. The molecule has 0 aliphatic carbocycles. The molecule has 2 N–H and O–H groups in total. The predicted molar refractivity (Wildman–Crippen MR) is 144 cm³/mol. The van der Waals surface area contributed by atoms with Crippen LogP contribution in [-0.2, 0) is 16.1 Å². The van der Waals surface area contributed by atoms with Gasteiger partial charge in [0.25, 0.3) is 11.8 Å². The maximum absolute atomic E-state index is 13.1. The van der Waals surface area contributed by atoms with Gasteiger partial charge in [0.2, 0.25) is 0 Å². The van der Waals surface area contributed by atoms with E-state index in [2.05, 4.69) is 26.6 Å². The third-order valence-corrected chi connectivity index (χ3v) is 6.22. The summed E-state index contributed by atoms with van der Waals surface area (Å²) in [5, 5.41) is 5.25. The van der Waals surface area contributed by atoms with Crippen molar-refractivity contribution in [3.05, 3.63) is 93.3 Å². The molecule has 0 atom stereocenters. The number of halogens is 2. The van der Waals surface area contributed by atoms with Crippen LogP contribution in [0.15, 0.2) is 70.8 Å². The number of nitrogens with zero attached hydrogens (tertiary/aromatic N) is 1. The quantitative estimate of drug-likeness (QED) is 0.260. The van der Waals surface area contributed by atoms with Gasteiger partial charge in [0.15, 0.2) is 18.1 Å². The average molecular weight is 582 g/mol. The lowest BCUT2D eigenvalue weighted by Gasteiger charge is -2.14. The fraction of sp³-hybridized carbons (Fsp3) is 0.179. The van der Waals surface area contributed by atoms with E-state index in [1.807, 2.05) is 31.2 Å². The Balaban J connectivity index is 1.48. The number of carbonyl (C=O) groups excluding carboxylic acids is 3. The molecule has 8 nitrogen and oxygen atoms in total. The average Bonchev–Trinajstić information content (AvgIpc) is 3.14. The van der Waals surface area contributed by atoms with Crippen molar-refractivity contribution < 1.29 is 28.2 Å². The van der Waals surface area contributed by atoms with Crippen molar-refractivity contribution in [2.24, 2.45) is 0 Å². The molecule has 0 saturated carbocycles. The highest BCUT2D eigenvalue weighted by Crippen LogP contribution is 2.35. The van der Waals surface area contributed by atoms with Crippen LogP contribution in [0.3, 0.4) is 0 Å². The molecule has 0 spiro atoms. The first-order chi connectivity index (χ1) is 18.2. The molecule has 1 heterocycles. The van der Waals surface area contributed by atoms with Crippen LogP contribution in [0.4, 0.5) is 14.9 Å². The third kappa shape index (κ3) is 6.57. The second-order valence-corrected chi connectivity index (χ2v) is 9.32. The summed E-state index contributed by atoms with van der Waals surface area (Å²) in [5.74, 6) is -0.629. The largest absolute Gasteiger partial charge is 0.490 e. The SMILES string of the molecule is CCOc1cc(/C=C2/NC(=O)N(Cc3cccc(C)c3)C2=O)c(Br)cc1OCC(=O)Nc1ccc(F)cc1. The number of urea groups is 1. The Bertz CT molecular complexity index is 1410. The lowest BCUT2D eigenvalue weighted by molar-refractivity contribution is -0.123. The summed E-state index contributed by atoms with van der Waals surface area (Å²) in [6, 6.07) is 15.8. The molecule has 196 valence electrons. The molecule has 0 unspecified atom stereocenters. The number of imide groups is 1. The Kier molecular flexibility index (Phi) is 8.42. The minimum absolute atomic E-state index is 0.123. The molecule has 0 bridgehead atoms. The van der Waals surface area contributed by atoms with Crippen LogP contribution in [0.1, 0.15) is 23.6 Å². The van der Waals surface area contributed by atoms with Crippen LogP contribution < -0.4 is 20.1 Å². The van der Waals surface area contributed by atoms with Crippen molar-refractivity contribution in [3.8, 4) is 11.5 Å². The number of benzene rings is 3. The van der Waals surface area contributed by atoms with Crippen LogP contribution in [0.2, 0.25) is 0 Å². The number of aryl methyl sites for hydroxylation is 1. The van der Waals surface area contributed by atoms with E-state index in [4.69, 9.17) is 9.47 Å². The van der Waals surface area contributed by atoms with Crippen molar-refractivity contribution in [1.82, 2.24) is 10.2 Å². The van der Waals surface area contributed by atoms with E-state index in [9.17, 15) is 18.8 Å². The Labute approximate surface area is 227 Å². The molecule has 10 heteroatoms. The molecular formula is C28H25BrFN3O5. The maximum atomic E-state index is 13.1. The van der Waals surface area contributed by atoms with Gasteiger partial charge in [0.1, 0.15) is 11.5 Å². The smallest absolute Gasteiger partial charge is 0.329 e. The zero-order valence-corrected chi connectivity index (χ0v) is 22.3. The van der Waals surface area contributed by atoms with Crippen molar-refractivity contribution in [2.45, 2.75) is 20.4 Å². The summed E-state index contributed by atoms with van der Waals surface area (Å²) < 4.78 is 25.0. The number of nitrogens with one attached hydrogen (secondary N) is 2. The summed E-state index contributed by atoms with van der Waals surface area (Å²) in [6.07, 6.45) is 1.55. The molecule has 0 radical (unpaired) electrons. The zero-order chi connectivity index (χ0) is 27.2. The van der Waals surface area contributed by atoms with Crippen LogP contribution in [0.25, 0.3) is 6.08 Å². The molecule has 3 aromatic carbocycles. The standard InChI is InChI=1S/C28H25BrFN3O5/c1-3-37-24-13-19(12-23-27(35)33(28(36)32-23)15-18-6-4-5-17(2)11-18)22(29)14-25(24)38-16-26(34)31-21-9-7-20(30)8-10-21/h4-14H,3,15-16H2,1-2H3,(H,31,34)(H,32,36)/b23-12+. The van der Waals surface area contributed by atoms with Crippen molar-refractivity contribution in [1.29, 1.82) is 0 Å². The molecular weight excluding hydrogens is 557 g/mol. The first kappa shape index (κ1) is 26.9. The Hall–Kier alpha value is -4.18. The number of rotatable bonds is 9. The van der Waals surface area contributed by atoms with Crippen LogP contribution in [0, 0.1) is 12.7 Å². The monoisotopic (exact) mass is 581 g/mol. The maximum Gasteiger partial charge on any atom is 0.329 e. The van der Waals surface area contributed by atoms with Gasteiger partial charge in [-0.15, -0.1) is 0 Å².